The Morgan fingerprint density at radius 3 is 2.38 bits per heavy atom. The van der Waals surface area contributed by atoms with E-state index in [4.69, 9.17) is 15.2 Å². The van der Waals surface area contributed by atoms with Crippen LogP contribution in [-0.4, -0.2) is 55.9 Å². The molecule has 144 valence electrons. The molecule has 7 nitrogen and oxygen atoms in total. The first kappa shape index (κ1) is 19.9. The maximum atomic E-state index is 12.3. The van der Waals surface area contributed by atoms with Crippen molar-refractivity contribution in [2.75, 3.05) is 37.9 Å². The first-order valence-corrected chi connectivity index (χ1v) is 8.81. The molecule has 0 spiro atoms. The number of esters is 1. The van der Waals surface area contributed by atoms with Gasteiger partial charge >= 0.3 is 12.1 Å². The number of carbonyl (C=O) groups is 2. The summed E-state index contributed by atoms with van der Waals surface area (Å²) >= 11 is 0. The number of nitrogen functional groups attached to an aromatic ring is 1. The van der Waals surface area contributed by atoms with Crippen LogP contribution in [0.2, 0.25) is 0 Å². The Labute approximate surface area is 155 Å². The number of ether oxygens (including phenoxy) is 2. The standard InChI is InChI=1S/C19H29N3O4/c1-19(2,3)26-18(24)21(4)13-9-11-22(12-10-13)16-14(17(23)25-5)7-6-8-15(16)20/h6-8,13H,9-12,20H2,1-5H3. The number of rotatable bonds is 3. The molecule has 1 aliphatic heterocycles. The van der Waals surface area contributed by atoms with Crippen molar-refractivity contribution in [2.24, 2.45) is 0 Å². The molecule has 26 heavy (non-hydrogen) atoms. The van der Waals surface area contributed by atoms with Gasteiger partial charge in [0.05, 0.1) is 24.0 Å². The highest BCUT2D eigenvalue weighted by Crippen LogP contribution is 2.31. The van der Waals surface area contributed by atoms with Gasteiger partial charge in [0.1, 0.15) is 5.60 Å². The van der Waals surface area contributed by atoms with Gasteiger partial charge in [-0.1, -0.05) is 6.07 Å². The second kappa shape index (κ2) is 7.85. The van der Waals surface area contributed by atoms with Crippen LogP contribution in [-0.2, 0) is 9.47 Å². The largest absolute Gasteiger partial charge is 0.465 e. The molecular weight excluding hydrogens is 334 g/mol. The first-order chi connectivity index (χ1) is 12.1. The van der Waals surface area contributed by atoms with Gasteiger partial charge in [-0.15, -0.1) is 0 Å². The molecule has 0 aliphatic carbocycles. The van der Waals surface area contributed by atoms with Gasteiger partial charge in [0.2, 0.25) is 0 Å². The third kappa shape index (κ3) is 4.59. The number of hydrogen-bond acceptors (Lipinski definition) is 6. The lowest BCUT2D eigenvalue weighted by Crippen LogP contribution is -2.47. The monoisotopic (exact) mass is 363 g/mol. The molecule has 1 aromatic carbocycles. The minimum absolute atomic E-state index is 0.0904. The fourth-order valence-corrected chi connectivity index (χ4v) is 3.15. The van der Waals surface area contributed by atoms with Crippen molar-refractivity contribution in [1.82, 2.24) is 4.90 Å². The highest BCUT2D eigenvalue weighted by Gasteiger charge is 2.30. The summed E-state index contributed by atoms with van der Waals surface area (Å²) in [6, 6.07) is 5.33. The Balaban J connectivity index is 2.07. The minimum atomic E-state index is -0.514. The smallest absolute Gasteiger partial charge is 0.410 e. The fraction of sp³-hybridized carbons (Fsp3) is 0.579. The van der Waals surface area contributed by atoms with Crippen molar-refractivity contribution in [3.63, 3.8) is 0 Å². The Bertz CT molecular complexity index is 661. The molecule has 1 amide bonds. The quantitative estimate of drug-likeness (QED) is 0.656. The number of hydrogen-bond donors (Lipinski definition) is 1. The predicted molar refractivity (Wildman–Crippen MR) is 101 cm³/mol. The number of piperidine rings is 1. The summed E-state index contributed by atoms with van der Waals surface area (Å²) < 4.78 is 10.3. The molecule has 1 aromatic rings. The van der Waals surface area contributed by atoms with Gasteiger partial charge in [-0.3, -0.25) is 0 Å². The average Bonchev–Trinajstić information content (AvgIpc) is 2.59. The summed E-state index contributed by atoms with van der Waals surface area (Å²) in [5, 5.41) is 0. The van der Waals surface area contributed by atoms with Crippen LogP contribution in [0.3, 0.4) is 0 Å². The Hall–Kier alpha value is -2.44. The molecule has 0 unspecified atom stereocenters. The lowest BCUT2D eigenvalue weighted by Gasteiger charge is -2.39. The van der Waals surface area contributed by atoms with Gasteiger partial charge in [0.15, 0.2) is 0 Å². The molecule has 2 N–H and O–H groups in total. The summed E-state index contributed by atoms with van der Waals surface area (Å²) in [5.41, 5.74) is 7.33. The molecular formula is C19H29N3O4. The van der Waals surface area contributed by atoms with Gasteiger partial charge in [0.25, 0.3) is 0 Å². The Morgan fingerprint density at radius 2 is 1.85 bits per heavy atom. The third-order valence-corrected chi connectivity index (χ3v) is 4.48. The lowest BCUT2D eigenvalue weighted by atomic mass is 10.0. The predicted octanol–water partition coefficient (Wildman–Crippen LogP) is 2.89. The maximum Gasteiger partial charge on any atom is 0.410 e. The number of benzene rings is 1. The van der Waals surface area contributed by atoms with Crippen LogP contribution in [0, 0.1) is 0 Å². The molecule has 1 fully saturated rings. The third-order valence-electron chi connectivity index (χ3n) is 4.48. The van der Waals surface area contributed by atoms with Crippen LogP contribution in [0.5, 0.6) is 0 Å². The van der Waals surface area contributed by atoms with Crippen molar-refractivity contribution in [3.8, 4) is 0 Å². The number of anilines is 2. The Kier molecular flexibility index (Phi) is 6.00. The van der Waals surface area contributed by atoms with Crippen molar-refractivity contribution in [3.05, 3.63) is 23.8 Å². The van der Waals surface area contributed by atoms with Gasteiger partial charge in [-0.05, 0) is 45.7 Å². The van der Waals surface area contributed by atoms with E-state index in [0.717, 1.165) is 12.8 Å². The van der Waals surface area contributed by atoms with Crippen LogP contribution in [0.15, 0.2) is 18.2 Å². The van der Waals surface area contributed by atoms with E-state index in [0.29, 0.717) is 30.0 Å². The fourth-order valence-electron chi connectivity index (χ4n) is 3.15. The number of methoxy groups -OCH3 is 1. The summed E-state index contributed by atoms with van der Waals surface area (Å²) in [6.07, 6.45) is 1.22. The zero-order chi connectivity index (χ0) is 19.5. The van der Waals surface area contributed by atoms with Crippen molar-refractivity contribution >= 4 is 23.4 Å². The van der Waals surface area contributed by atoms with E-state index in [1.54, 1.807) is 30.1 Å². The molecule has 0 atom stereocenters. The number of amides is 1. The van der Waals surface area contributed by atoms with Crippen molar-refractivity contribution in [2.45, 2.75) is 45.3 Å². The van der Waals surface area contributed by atoms with E-state index >= 15 is 0 Å². The summed E-state index contributed by atoms with van der Waals surface area (Å²) in [5.74, 6) is -0.403. The topological polar surface area (TPSA) is 85.1 Å². The maximum absolute atomic E-state index is 12.3. The van der Waals surface area contributed by atoms with Gasteiger partial charge in [-0.2, -0.15) is 0 Å². The summed E-state index contributed by atoms with van der Waals surface area (Å²) in [6.45, 7) is 6.95. The molecule has 0 saturated carbocycles. The van der Waals surface area contributed by atoms with E-state index in [2.05, 4.69) is 4.90 Å². The average molecular weight is 363 g/mol. The van der Waals surface area contributed by atoms with E-state index in [1.165, 1.54) is 7.11 Å². The SMILES string of the molecule is COC(=O)c1cccc(N)c1N1CCC(N(C)C(=O)OC(C)(C)C)CC1. The summed E-state index contributed by atoms with van der Waals surface area (Å²) in [7, 11) is 3.13. The molecule has 1 heterocycles. The Morgan fingerprint density at radius 1 is 1.23 bits per heavy atom. The summed E-state index contributed by atoms with van der Waals surface area (Å²) in [4.78, 5) is 28.1. The van der Waals surface area contributed by atoms with E-state index in [1.807, 2.05) is 20.8 Å². The number of nitrogens with two attached hydrogens (primary N) is 1. The highest BCUT2D eigenvalue weighted by molar-refractivity contribution is 5.99. The zero-order valence-electron chi connectivity index (χ0n) is 16.2. The van der Waals surface area contributed by atoms with Crippen molar-refractivity contribution < 1.29 is 19.1 Å². The van der Waals surface area contributed by atoms with Crippen LogP contribution < -0.4 is 10.6 Å². The zero-order valence-corrected chi connectivity index (χ0v) is 16.2. The first-order valence-electron chi connectivity index (χ1n) is 8.81. The number of nitrogens with zero attached hydrogens (tertiary/aromatic N) is 2. The molecule has 0 bridgehead atoms. The van der Waals surface area contributed by atoms with Crippen LogP contribution in [0.4, 0.5) is 16.2 Å². The van der Waals surface area contributed by atoms with E-state index in [9.17, 15) is 9.59 Å². The second-order valence-corrected chi connectivity index (χ2v) is 7.54. The molecule has 0 aromatic heterocycles. The van der Waals surface area contributed by atoms with E-state index in [-0.39, 0.29) is 12.1 Å². The lowest BCUT2D eigenvalue weighted by molar-refractivity contribution is 0.0201. The van der Waals surface area contributed by atoms with Crippen LogP contribution in [0.1, 0.15) is 44.0 Å². The van der Waals surface area contributed by atoms with Gasteiger partial charge in [0, 0.05) is 26.2 Å². The van der Waals surface area contributed by atoms with Crippen LogP contribution >= 0.6 is 0 Å². The molecule has 2 rings (SSSR count). The molecule has 0 radical (unpaired) electrons. The van der Waals surface area contributed by atoms with Gasteiger partial charge < -0.3 is 25.0 Å². The van der Waals surface area contributed by atoms with E-state index < -0.39 is 11.6 Å². The number of carbonyl (C=O) groups excluding carboxylic acids is 2. The molecule has 7 heteroatoms. The second-order valence-electron chi connectivity index (χ2n) is 7.54. The number of para-hydroxylation sites is 1. The molecule has 1 aliphatic rings. The normalized spacial score (nSPS) is 15.5. The van der Waals surface area contributed by atoms with Gasteiger partial charge in [-0.25, -0.2) is 9.59 Å². The van der Waals surface area contributed by atoms with Crippen LogP contribution in [0.25, 0.3) is 0 Å². The molecule has 1 saturated heterocycles. The van der Waals surface area contributed by atoms with Crippen molar-refractivity contribution in [1.29, 1.82) is 0 Å². The minimum Gasteiger partial charge on any atom is -0.465 e. The highest BCUT2D eigenvalue weighted by atomic mass is 16.6.